The maximum atomic E-state index is 11.3. The Balaban J connectivity index is 3.24. The predicted octanol–water partition coefficient (Wildman–Crippen LogP) is 3.43. The van der Waals surface area contributed by atoms with E-state index in [1.807, 2.05) is 6.92 Å². The van der Waals surface area contributed by atoms with Gasteiger partial charge in [-0.15, -0.1) is 0 Å². The van der Waals surface area contributed by atoms with Crippen LogP contribution in [-0.4, -0.2) is 12.5 Å². The van der Waals surface area contributed by atoms with Crippen LogP contribution < -0.4 is 5.32 Å². The Hall–Kier alpha value is -0.790. The maximum Gasteiger partial charge on any atom is 0.246 e. The van der Waals surface area contributed by atoms with Crippen LogP contribution in [0.1, 0.15) is 58.8 Å². The van der Waals surface area contributed by atoms with Crippen LogP contribution in [-0.2, 0) is 4.79 Å². The molecule has 0 aliphatic rings. The lowest BCUT2D eigenvalue weighted by molar-refractivity contribution is -0.117. The molecule has 0 rings (SSSR count). The van der Waals surface area contributed by atoms with Crippen LogP contribution in [0.4, 0.5) is 0 Å². The zero-order valence-corrected chi connectivity index (χ0v) is 10.3. The van der Waals surface area contributed by atoms with Gasteiger partial charge in [-0.3, -0.25) is 4.79 Å². The first-order valence-electron chi connectivity index (χ1n) is 6.18. The maximum absolute atomic E-state index is 11.3. The number of carbonyl (C=O) groups is 1. The van der Waals surface area contributed by atoms with Gasteiger partial charge in [-0.2, -0.15) is 0 Å². The van der Waals surface area contributed by atoms with Crippen molar-refractivity contribution in [3.05, 3.63) is 12.2 Å². The molecule has 0 unspecified atom stereocenters. The topological polar surface area (TPSA) is 29.1 Å². The van der Waals surface area contributed by atoms with E-state index >= 15 is 0 Å². The number of nitrogens with one attached hydrogen (secondary N) is 1. The van der Waals surface area contributed by atoms with E-state index in [0.717, 1.165) is 19.4 Å². The van der Waals surface area contributed by atoms with Crippen molar-refractivity contribution in [2.24, 2.45) is 0 Å². The number of hydrogen-bond acceptors (Lipinski definition) is 1. The zero-order valence-electron chi connectivity index (χ0n) is 10.3. The minimum Gasteiger partial charge on any atom is -0.352 e. The molecule has 1 amide bonds. The van der Waals surface area contributed by atoms with Crippen molar-refractivity contribution in [3.8, 4) is 0 Å². The van der Waals surface area contributed by atoms with Crippen LogP contribution in [0.2, 0.25) is 0 Å². The Morgan fingerprint density at radius 2 is 1.67 bits per heavy atom. The molecular formula is C13H25NO. The molecule has 0 radical (unpaired) electrons. The number of hydrogen-bond donors (Lipinski definition) is 1. The highest BCUT2D eigenvalue weighted by Gasteiger charge is 2.02. The summed E-state index contributed by atoms with van der Waals surface area (Å²) in [6, 6.07) is 0. The summed E-state index contributed by atoms with van der Waals surface area (Å²) in [7, 11) is 0. The number of unbranched alkanes of at least 4 members (excludes halogenated alkanes) is 5. The molecule has 0 bridgehead atoms. The molecule has 1 N–H and O–H groups in total. The van der Waals surface area contributed by atoms with Crippen molar-refractivity contribution in [1.29, 1.82) is 0 Å². The quantitative estimate of drug-likeness (QED) is 0.459. The minimum absolute atomic E-state index is 0.0195. The molecule has 0 aromatic heterocycles. The molecule has 0 atom stereocenters. The third kappa shape index (κ3) is 8.22. The van der Waals surface area contributed by atoms with E-state index in [1.165, 1.54) is 32.1 Å². The van der Waals surface area contributed by atoms with E-state index in [4.69, 9.17) is 0 Å². The number of carbonyl (C=O) groups excluding carboxylic acids is 1. The van der Waals surface area contributed by atoms with Crippen molar-refractivity contribution in [3.63, 3.8) is 0 Å². The molecule has 0 aliphatic carbocycles. The van der Waals surface area contributed by atoms with E-state index in [2.05, 4.69) is 18.8 Å². The molecule has 88 valence electrons. The van der Waals surface area contributed by atoms with Crippen molar-refractivity contribution in [2.45, 2.75) is 58.8 Å². The fraction of sp³-hybridized carbons (Fsp3) is 0.769. The summed E-state index contributed by atoms with van der Waals surface area (Å²) in [4.78, 5) is 11.3. The van der Waals surface area contributed by atoms with Gasteiger partial charge in [0.2, 0.25) is 5.91 Å². The summed E-state index contributed by atoms with van der Waals surface area (Å²) in [6.07, 6.45) is 8.28. The van der Waals surface area contributed by atoms with Crippen molar-refractivity contribution in [2.75, 3.05) is 6.54 Å². The fourth-order valence-electron chi connectivity index (χ4n) is 1.39. The smallest absolute Gasteiger partial charge is 0.246 e. The average Bonchev–Trinajstić information content (AvgIpc) is 2.26. The first-order chi connectivity index (χ1) is 7.22. The molecule has 2 nitrogen and oxygen atoms in total. The normalized spacial score (nSPS) is 10.0. The van der Waals surface area contributed by atoms with Gasteiger partial charge in [-0.25, -0.2) is 0 Å². The Morgan fingerprint density at radius 1 is 1.07 bits per heavy atom. The summed E-state index contributed by atoms with van der Waals surface area (Å²) < 4.78 is 0. The Bertz CT molecular complexity index is 187. The highest BCUT2D eigenvalue weighted by molar-refractivity contribution is 5.92. The SMILES string of the molecule is C=C(CC)C(=O)NCCCCCCCC. The molecule has 15 heavy (non-hydrogen) atoms. The third-order valence-corrected chi connectivity index (χ3v) is 2.56. The second kappa shape index (κ2) is 9.75. The molecule has 0 aliphatic heterocycles. The molecule has 0 spiro atoms. The summed E-state index contributed by atoms with van der Waals surface area (Å²) >= 11 is 0. The van der Waals surface area contributed by atoms with Crippen LogP contribution in [0.25, 0.3) is 0 Å². The Morgan fingerprint density at radius 3 is 2.27 bits per heavy atom. The molecule has 0 fully saturated rings. The van der Waals surface area contributed by atoms with Gasteiger partial charge in [-0.1, -0.05) is 52.5 Å². The lowest BCUT2D eigenvalue weighted by Gasteiger charge is -2.05. The monoisotopic (exact) mass is 211 g/mol. The van der Waals surface area contributed by atoms with Crippen LogP contribution in [0.15, 0.2) is 12.2 Å². The Kier molecular flexibility index (Phi) is 9.24. The first-order valence-corrected chi connectivity index (χ1v) is 6.18. The largest absolute Gasteiger partial charge is 0.352 e. The fourth-order valence-corrected chi connectivity index (χ4v) is 1.39. The van der Waals surface area contributed by atoms with Crippen LogP contribution in [0.5, 0.6) is 0 Å². The molecule has 0 saturated heterocycles. The standard InChI is InChI=1S/C13H25NO/c1-4-6-7-8-9-10-11-14-13(15)12(3)5-2/h3-11H2,1-2H3,(H,14,15). The van der Waals surface area contributed by atoms with Gasteiger partial charge in [0.15, 0.2) is 0 Å². The van der Waals surface area contributed by atoms with Gasteiger partial charge in [-0.05, 0) is 12.8 Å². The number of amides is 1. The van der Waals surface area contributed by atoms with Crippen LogP contribution >= 0.6 is 0 Å². The zero-order chi connectivity index (χ0) is 11.5. The van der Waals surface area contributed by atoms with E-state index < -0.39 is 0 Å². The van der Waals surface area contributed by atoms with Gasteiger partial charge in [0.1, 0.15) is 0 Å². The van der Waals surface area contributed by atoms with E-state index in [9.17, 15) is 4.79 Å². The molecule has 0 aromatic carbocycles. The van der Waals surface area contributed by atoms with Crippen molar-refractivity contribution >= 4 is 5.91 Å². The van der Waals surface area contributed by atoms with E-state index in [1.54, 1.807) is 0 Å². The highest BCUT2D eigenvalue weighted by atomic mass is 16.1. The second-order valence-corrected chi connectivity index (χ2v) is 3.98. The van der Waals surface area contributed by atoms with Crippen molar-refractivity contribution < 1.29 is 4.79 Å². The van der Waals surface area contributed by atoms with Gasteiger partial charge < -0.3 is 5.32 Å². The summed E-state index contributed by atoms with van der Waals surface area (Å²) in [6.45, 7) is 8.67. The van der Waals surface area contributed by atoms with Crippen LogP contribution in [0, 0.1) is 0 Å². The second-order valence-electron chi connectivity index (χ2n) is 3.98. The number of rotatable bonds is 9. The van der Waals surface area contributed by atoms with Gasteiger partial charge >= 0.3 is 0 Å². The predicted molar refractivity (Wildman–Crippen MR) is 65.8 cm³/mol. The molecule has 2 heteroatoms. The highest BCUT2D eigenvalue weighted by Crippen LogP contribution is 2.04. The average molecular weight is 211 g/mol. The van der Waals surface area contributed by atoms with Gasteiger partial charge in [0, 0.05) is 12.1 Å². The third-order valence-electron chi connectivity index (χ3n) is 2.56. The minimum atomic E-state index is 0.0195. The molecule has 0 aromatic rings. The molecule has 0 heterocycles. The van der Waals surface area contributed by atoms with Crippen molar-refractivity contribution in [1.82, 2.24) is 5.32 Å². The molecule has 0 saturated carbocycles. The summed E-state index contributed by atoms with van der Waals surface area (Å²) in [5.41, 5.74) is 0.681. The van der Waals surface area contributed by atoms with E-state index in [-0.39, 0.29) is 5.91 Å². The molecular weight excluding hydrogens is 186 g/mol. The van der Waals surface area contributed by atoms with Crippen LogP contribution in [0.3, 0.4) is 0 Å². The summed E-state index contributed by atoms with van der Waals surface area (Å²) in [5.74, 6) is 0.0195. The lowest BCUT2D eigenvalue weighted by atomic mass is 10.1. The van der Waals surface area contributed by atoms with Gasteiger partial charge in [0.05, 0.1) is 0 Å². The Labute approximate surface area is 94.1 Å². The first kappa shape index (κ1) is 14.2. The summed E-state index contributed by atoms with van der Waals surface area (Å²) in [5, 5.41) is 2.89. The van der Waals surface area contributed by atoms with E-state index in [0.29, 0.717) is 5.57 Å². The van der Waals surface area contributed by atoms with Gasteiger partial charge in [0.25, 0.3) is 0 Å². The lowest BCUT2D eigenvalue weighted by Crippen LogP contribution is -2.25.